The third kappa shape index (κ3) is 8.22. The van der Waals surface area contributed by atoms with E-state index in [2.05, 4.69) is 19.2 Å². The van der Waals surface area contributed by atoms with E-state index in [-0.39, 0.29) is 5.54 Å². The first-order chi connectivity index (χ1) is 5.98. The lowest BCUT2D eigenvalue weighted by molar-refractivity contribution is 0.0691. The van der Waals surface area contributed by atoms with Crippen LogP contribution in [0.25, 0.3) is 0 Å². The third-order valence-corrected chi connectivity index (χ3v) is 1.66. The van der Waals surface area contributed by atoms with E-state index in [9.17, 15) is 0 Å². The predicted octanol–water partition coefficient (Wildman–Crippen LogP) is 1.43. The Labute approximate surface area is 81.8 Å². The molecule has 0 unspecified atom stereocenters. The minimum absolute atomic E-state index is 0.0368. The molecule has 0 heterocycles. The van der Waals surface area contributed by atoms with Gasteiger partial charge < -0.3 is 14.8 Å². The van der Waals surface area contributed by atoms with Gasteiger partial charge >= 0.3 is 0 Å². The van der Waals surface area contributed by atoms with Crippen LogP contribution in [0, 0.1) is 0 Å². The van der Waals surface area contributed by atoms with Crippen LogP contribution in [0.4, 0.5) is 0 Å². The predicted molar refractivity (Wildman–Crippen MR) is 55.0 cm³/mol. The van der Waals surface area contributed by atoms with Crippen molar-refractivity contribution in [1.82, 2.24) is 5.32 Å². The Hall–Kier alpha value is -0.120. The number of hydrogen-bond donors (Lipinski definition) is 1. The molecule has 0 aromatic heterocycles. The van der Waals surface area contributed by atoms with Gasteiger partial charge in [-0.2, -0.15) is 0 Å². The number of hydrogen-bond acceptors (Lipinski definition) is 3. The lowest BCUT2D eigenvalue weighted by Gasteiger charge is -2.25. The molecule has 0 atom stereocenters. The maximum Gasteiger partial charge on any atom is 0.0639 e. The van der Waals surface area contributed by atoms with Crippen molar-refractivity contribution in [3.63, 3.8) is 0 Å². The molecule has 3 nitrogen and oxygen atoms in total. The molecular weight excluding hydrogens is 166 g/mol. The molecule has 80 valence electrons. The van der Waals surface area contributed by atoms with E-state index in [1.54, 1.807) is 7.11 Å². The molecule has 0 aromatic carbocycles. The molecule has 13 heavy (non-hydrogen) atoms. The molecule has 1 N–H and O–H groups in total. The third-order valence-electron chi connectivity index (χ3n) is 1.66. The van der Waals surface area contributed by atoms with Crippen molar-refractivity contribution in [2.45, 2.75) is 39.3 Å². The molecule has 0 spiro atoms. The molecule has 0 aliphatic carbocycles. The van der Waals surface area contributed by atoms with Gasteiger partial charge in [0, 0.05) is 19.2 Å². The van der Waals surface area contributed by atoms with Crippen LogP contribution >= 0.6 is 0 Å². The molecule has 0 saturated heterocycles. The Bertz CT molecular complexity index is 124. The molecule has 0 aliphatic rings. The minimum atomic E-state index is 0.0368. The first-order valence-corrected chi connectivity index (χ1v) is 4.83. The van der Waals surface area contributed by atoms with Crippen molar-refractivity contribution in [3.8, 4) is 0 Å². The highest BCUT2D eigenvalue weighted by atomic mass is 16.5. The summed E-state index contributed by atoms with van der Waals surface area (Å²) >= 11 is 0. The Morgan fingerprint density at radius 2 is 1.92 bits per heavy atom. The number of nitrogens with one attached hydrogen (secondary N) is 1. The SMILES string of the molecule is COCC(C)(C)NCCOC(C)C. The first-order valence-electron chi connectivity index (χ1n) is 4.83. The van der Waals surface area contributed by atoms with Gasteiger partial charge in [-0.3, -0.25) is 0 Å². The largest absolute Gasteiger partial charge is 0.383 e. The molecular formula is C10H23NO2. The average molecular weight is 189 g/mol. The summed E-state index contributed by atoms with van der Waals surface area (Å²) in [6.07, 6.45) is 0.312. The van der Waals surface area contributed by atoms with E-state index < -0.39 is 0 Å². The summed E-state index contributed by atoms with van der Waals surface area (Å²) in [5.74, 6) is 0. The lowest BCUT2D eigenvalue weighted by atomic mass is 10.1. The van der Waals surface area contributed by atoms with Crippen molar-refractivity contribution < 1.29 is 9.47 Å². The van der Waals surface area contributed by atoms with E-state index in [1.807, 2.05) is 13.8 Å². The van der Waals surface area contributed by atoms with Crippen molar-refractivity contribution in [2.24, 2.45) is 0 Å². The van der Waals surface area contributed by atoms with Gasteiger partial charge in [0.25, 0.3) is 0 Å². The minimum Gasteiger partial charge on any atom is -0.383 e. The second-order valence-corrected chi connectivity index (χ2v) is 4.16. The van der Waals surface area contributed by atoms with E-state index in [0.29, 0.717) is 12.7 Å². The summed E-state index contributed by atoms with van der Waals surface area (Å²) in [4.78, 5) is 0. The molecule has 0 fully saturated rings. The molecule has 0 radical (unpaired) electrons. The van der Waals surface area contributed by atoms with Gasteiger partial charge in [-0.1, -0.05) is 0 Å². The fraction of sp³-hybridized carbons (Fsp3) is 1.00. The van der Waals surface area contributed by atoms with Crippen LogP contribution in [0.5, 0.6) is 0 Å². The standard InChI is InChI=1S/C10H23NO2/c1-9(2)13-7-6-11-10(3,4)8-12-5/h9,11H,6-8H2,1-5H3. The van der Waals surface area contributed by atoms with Gasteiger partial charge in [-0.25, -0.2) is 0 Å². The monoisotopic (exact) mass is 189 g/mol. The van der Waals surface area contributed by atoms with Crippen LogP contribution < -0.4 is 5.32 Å². The van der Waals surface area contributed by atoms with E-state index in [0.717, 1.165) is 13.2 Å². The molecule has 0 amide bonds. The number of methoxy groups -OCH3 is 1. The topological polar surface area (TPSA) is 30.5 Å². The van der Waals surface area contributed by atoms with E-state index >= 15 is 0 Å². The summed E-state index contributed by atoms with van der Waals surface area (Å²) in [7, 11) is 1.72. The van der Waals surface area contributed by atoms with Crippen LogP contribution in [0.1, 0.15) is 27.7 Å². The smallest absolute Gasteiger partial charge is 0.0639 e. The zero-order valence-electron chi connectivity index (χ0n) is 9.52. The molecule has 0 saturated carbocycles. The van der Waals surface area contributed by atoms with Gasteiger partial charge in [0.2, 0.25) is 0 Å². The van der Waals surface area contributed by atoms with Crippen LogP contribution in [0.3, 0.4) is 0 Å². The number of rotatable bonds is 7. The highest BCUT2D eigenvalue weighted by Crippen LogP contribution is 2.00. The highest BCUT2D eigenvalue weighted by molar-refractivity contribution is 4.76. The molecule has 0 aromatic rings. The van der Waals surface area contributed by atoms with Crippen molar-refractivity contribution in [1.29, 1.82) is 0 Å². The summed E-state index contributed by atoms with van der Waals surface area (Å²) in [5.41, 5.74) is 0.0368. The molecule has 3 heteroatoms. The average Bonchev–Trinajstić information content (AvgIpc) is 1.98. The van der Waals surface area contributed by atoms with Crippen molar-refractivity contribution in [3.05, 3.63) is 0 Å². The maximum absolute atomic E-state index is 5.41. The molecule has 0 rings (SSSR count). The molecule has 0 aliphatic heterocycles. The van der Waals surface area contributed by atoms with Crippen LogP contribution in [-0.2, 0) is 9.47 Å². The maximum atomic E-state index is 5.41. The molecule has 0 bridgehead atoms. The fourth-order valence-corrected chi connectivity index (χ4v) is 1.10. The zero-order chi connectivity index (χ0) is 10.3. The van der Waals surface area contributed by atoms with Gasteiger partial charge in [-0.15, -0.1) is 0 Å². The van der Waals surface area contributed by atoms with E-state index in [1.165, 1.54) is 0 Å². The first kappa shape index (κ1) is 12.9. The van der Waals surface area contributed by atoms with Crippen LogP contribution in [0.15, 0.2) is 0 Å². The Balaban J connectivity index is 3.40. The quantitative estimate of drug-likeness (QED) is 0.614. The Kier molecular flexibility index (Phi) is 6.29. The van der Waals surface area contributed by atoms with Crippen molar-refractivity contribution >= 4 is 0 Å². The zero-order valence-corrected chi connectivity index (χ0v) is 9.52. The van der Waals surface area contributed by atoms with Gasteiger partial charge in [0.05, 0.1) is 19.3 Å². The Morgan fingerprint density at radius 1 is 1.31 bits per heavy atom. The number of ether oxygens (including phenoxy) is 2. The van der Waals surface area contributed by atoms with Gasteiger partial charge in [0.1, 0.15) is 0 Å². The second kappa shape index (κ2) is 6.35. The van der Waals surface area contributed by atoms with Crippen LogP contribution in [0.2, 0.25) is 0 Å². The second-order valence-electron chi connectivity index (χ2n) is 4.16. The van der Waals surface area contributed by atoms with E-state index in [4.69, 9.17) is 9.47 Å². The Morgan fingerprint density at radius 3 is 2.38 bits per heavy atom. The summed E-state index contributed by atoms with van der Waals surface area (Å²) in [6.45, 7) is 10.7. The summed E-state index contributed by atoms with van der Waals surface area (Å²) in [5, 5.41) is 3.37. The van der Waals surface area contributed by atoms with Gasteiger partial charge in [-0.05, 0) is 27.7 Å². The summed E-state index contributed by atoms with van der Waals surface area (Å²) < 4.78 is 10.5. The highest BCUT2D eigenvalue weighted by Gasteiger charge is 2.15. The van der Waals surface area contributed by atoms with Crippen LogP contribution in [-0.4, -0.2) is 38.5 Å². The fourth-order valence-electron chi connectivity index (χ4n) is 1.10. The van der Waals surface area contributed by atoms with Crippen molar-refractivity contribution in [2.75, 3.05) is 26.9 Å². The normalized spacial score (nSPS) is 12.5. The van der Waals surface area contributed by atoms with Gasteiger partial charge in [0.15, 0.2) is 0 Å². The summed E-state index contributed by atoms with van der Waals surface area (Å²) in [6, 6.07) is 0. The lowest BCUT2D eigenvalue weighted by Crippen LogP contribution is -2.44.